The predicted octanol–water partition coefficient (Wildman–Crippen LogP) is 1.63. The number of benzene rings is 1. The minimum absolute atomic E-state index is 0.201. The Kier molecular flexibility index (Phi) is 4.88. The normalized spacial score (nSPS) is 15.5. The van der Waals surface area contributed by atoms with Gasteiger partial charge in [-0.1, -0.05) is 12.1 Å². The highest BCUT2D eigenvalue weighted by Crippen LogP contribution is 2.13. The topological polar surface area (TPSA) is 78.0 Å². The summed E-state index contributed by atoms with van der Waals surface area (Å²) in [5, 5.41) is 0. The lowest BCUT2D eigenvalue weighted by Crippen LogP contribution is -2.48. The van der Waals surface area contributed by atoms with Crippen LogP contribution in [0.5, 0.6) is 0 Å². The van der Waals surface area contributed by atoms with Crippen molar-refractivity contribution in [3.05, 3.63) is 54.4 Å². The number of imidazole rings is 1. The second-order valence-electron chi connectivity index (χ2n) is 6.56. The molecule has 3 heterocycles. The zero-order chi connectivity index (χ0) is 17.8. The van der Waals surface area contributed by atoms with E-state index in [1.54, 1.807) is 6.20 Å². The van der Waals surface area contributed by atoms with Crippen molar-refractivity contribution < 1.29 is 4.79 Å². The van der Waals surface area contributed by atoms with Crippen LogP contribution in [0.2, 0.25) is 0 Å². The van der Waals surface area contributed by atoms with Crippen molar-refractivity contribution in [2.75, 3.05) is 26.2 Å². The van der Waals surface area contributed by atoms with Gasteiger partial charge in [0.25, 0.3) is 0 Å². The van der Waals surface area contributed by atoms with Crippen LogP contribution in [0.4, 0.5) is 0 Å². The molecule has 1 aliphatic rings. The van der Waals surface area contributed by atoms with E-state index in [9.17, 15) is 4.79 Å². The van der Waals surface area contributed by atoms with Crippen molar-refractivity contribution in [1.29, 1.82) is 0 Å². The quantitative estimate of drug-likeness (QED) is 0.757. The number of carbonyl (C=O) groups excluding carboxylic acids is 1. The summed E-state index contributed by atoms with van der Waals surface area (Å²) in [5.74, 6) is 1.18. The second-order valence-corrected chi connectivity index (χ2v) is 6.56. The smallest absolute Gasteiger partial charge is 0.223 e. The summed E-state index contributed by atoms with van der Waals surface area (Å²) in [6, 6.07) is 9.93. The number of aromatic amines is 1. The van der Waals surface area contributed by atoms with Gasteiger partial charge in [-0.3, -0.25) is 9.69 Å². The maximum atomic E-state index is 12.4. The van der Waals surface area contributed by atoms with Gasteiger partial charge in [-0.05, 0) is 24.6 Å². The molecule has 1 aromatic carbocycles. The number of hydrogen-bond acceptors (Lipinski definition) is 5. The molecule has 1 fully saturated rings. The summed E-state index contributed by atoms with van der Waals surface area (Å²) in [5.41, 5.74) is 2.99. The summed E-state index contributed by atoms with van der Waals surface area (Å²) >= 11 is 0. The van der Waals surface area contributed by atoms with Gasteiger partial charge in [-0.2, -0.15) is 0 Å². The van der Waals surface area contributed by atoms with Crippen LogP contribution in [-0.2, 0) is 17.8 Å². The van der Waals surface area contributed by atoms with Gasteiger partial charge in [0.15, 0.2) is 0 Å². The van der Waals surface area contributed by atoms with E-state index in [1.165, 1.54) is 6.33 Å². The molecule has 2 aromatic heterocycles. The van der Waals surface area contributed by atoms with Crippen LogP contribution in [-0.4, -0.2) is 61.8 Å². The fourth-order valence-corrected chi connectivity index (χ4v) is 3.31. The molecule has 1 aliphatic heterocycles. The average Bonchev–Trinajstić information content (AvgIpc) is 3.10. The molecule has 0 saturated carbocycles. The van der Waals surface area contributed by atoms with Crippen LogP contribution in [0.25, 0.3) is 11.0 Å². The van der Waals surface area contributed by atoms with Gasteiger partial charge in [-0.15, -0.1) is 0 Å². The van der Waals surface area contributed by atoms with Gasteiger partial charge in [0.2, 0.25) is 5.91 Å². The zero-order valence-corrected chi connectivity index (χ0v) is 14.6. The van der Waals surface area contributed by atoms with Crippen molar-refractivity contribution in [1.82, 2.24) is 29.7 Å². The number of fused-ring (bicyclic) bond motifs is 1. The van der Waals surface area contributed by atoms with Crippen molar-refractivity contribution in [3.8, 4) is 0 Å². The molecule has 1 amide bonds. The van der Waals surface area contributed by atoms with E-state index < -0.39 is 0 Å². The van der Waals surface area contributed by atoms with E-state index in [0.29, 0.717) is 12.8 Å². The van der Waals surface area contributed by atoms with Crippen LogP contribution in [0.1, 0.15) is 17.9 Å². The number of aromatic nitrogens is 4. The summed E-state index contributed by atoms with van der Waals surface area (Å²) in [6.45, 7) is 4.07. The first-order valence-corrected chi connectivity index (χ1v) is 8.96. The molecule has 7 heteroatoms. The van der Waals surface area contributed by atoms with Crippen LogP contribution in [0.15, 0.2) is 42.9 Å². The number of nitrogens with one attached hydrogen (secondary N) is 1. The Morgan fingerprint density at radius 2 is 1.96 bits per heavy atom. The van der Waals surface area contributed by atoms with E-state index in [2.05, 4.69) is 24.8 Å². The summed E-state index contributed by atoms with van der Waals surface area (Å²) < 4.78 is 0. The number of H-pyrrole nitrogens is 1. The molecule has 0 bridgehead atoms. The number of nitrogens with zero attached hydrogens (tertiary/aromatic N) is 5. The van der Waals surface area contributed by atoms with E-state index >= 15 is 0 Å². The van der Waals surface area contributed by atoms with E-state index in [0.717, 1.165) is 55.3 Å². The Balaban J connectivity index is 1.26. The third-order valence-corrected chi connectivity index (χ3v) is 4.78. The molecule has 7 nitrogen and oxygen atoms in total. The zero-order valence-electron chi connectivity index (χ0n) is 14.6. The minimum Gasteiger partial charge on any atom is -0.341 e. The van der Waals surface area contributed by atoms with Gasteiger partial charge >= 0.3 is 0 Å². The van der Waals surface area contributed by atoms with Crippen LogP contribution in [0.3, 0.4) is 0 Å². The molecular formula is C19H22N6O. The Bertz CT molecular complexity index is 837. The monoisotopic (exact) mass is 350 g/mol. The lowest BCUT2D eigenvalue weighted by molar-refractivity contribution is -0.133. The summed E-state index contributed by atoms with van der Waals surface area (Å²) in [4.78, 5) is 32.8. The van der Waals surface area contributed by atoms with Crippen molar-refractivity contribution in [2.45, 2.75) is 19.4 Å². The lowest BCUT2D eigenvalue weighted by Gasteiger charge is -2.34. The van der Waals surface area contributed by atoms with E-state index in [4.69, 9.17) is 0 Å². The predicted molar refractivity (Wildman–Crippen MR) is 98.3 cm³/mol. The Morgan fingerprint density at radius 3 is 2.73 bits per heavy atom. The maximum Gasteiger partial charge on any atom is 0.223 e. The molecular weight excluding hydrogens is 328 g/mol. The first kappa shape index (κ1) is 16.7. The Morgan fingerprint density at radius 1 is 1.12 bits per heavy atom. The summed E-state index contributed by atoms with van der Waals surface area (Å²) in [7, 11) is 0. The number of amides is 1. The van der Waals surface area contributed by atoms with Crippen molar-refractivity contribution >= 4 is 16.9 Å². The molecule has 1 N–H and O–H groups in total. The van der Waals surface area contributed by atoms with Crippen LogP contribution < -0.4 is 0 Å². The fourth-order valence-electron chi connectivity index (χ4n) is 3.31. The number of hydrogen-bond donors (Lipinski definition) is 1. The number of carbonyl (C=O) groups is 1. The first-order chi connectivity index (χ1) is 12.8. The van der Waals surface area contributed by atoms with Gasteiger partial charge in [0.05, 0.1) is 17.6 Å². The average molecular weight is 350 g/mol. The van der Waals surface area contributed by atoms with Crippen molar-refractivity contribution in [2.24, 2.45) is 0 Å². The van der Waals surface area contributed by atoms with Gasteiger partial charge < -0.3 is 9.88 Å². The molecule has 1 saturated heterocycles. The molecule has 26 heavy (non-hydrogen) atoms. The molecule has 0 aliphatic carbocycles. The molecule has 0 radical (unpaired) electrons. The van der Waals surface area contributed by atoms with E-state index in [-0.39, 0.29) is 5.91 Å². The Hall–Kier alpha value is -2.80. The maximum absolute atomic E-state index is 12.4. The fraction of sp³-hybridized carbons (Fsp3) is 0.368. The van der Waals surface area contributed by atoms with E-state index in [1.807, 2.05) is 35.2 Å². The highest BCUT2D eigenvalue weighted by Gasteiger charge is 2.21. The third kappa shape index (κ3) is 3.88. The molecule has 0 atom stereocenters. The standard InChI is InChI=1S/C19H22N6O/c26-19(6-5-15-7-8-20-14-21-15)25-11-9-24(10-12-25)13-18-22-16-3-1-2-4-17(16)23-18/h1-4,7-8,14H,5-6,9-13H2,(H,22,23). The van der Waals surface area contributed by atoms with Crippen molar-refractivity contribution in [3.63, 3.8) is 0 Å². The molecule has 4 rings (SSSR count). The lowest BCUT2D eigenvalue weighted by atomic mass is 10.2. The second kappa shape index (κ2) is 7.61. The van der Waals surface area contributed by atoms with Gasteiger partial charge in [0.1, 0.15) is 12.2 Å². The number of para-hydroxylation sites is 2. The van der Waals surface area contributed by atoms with Gasteiger partial charge in [0, 0.05) is 44.5 Å². The molecule has 0 spiro atoms. The first-order valence-electron chi connectivity index (χ1n) is 8.96. The van der Waals surface area contributed by atoms with Crippen LogP contribution >= 0.6 is 0 Å². The van der Waals surface area contributed by atoms with Gasteiger partial charge in [-0.25, -0.2) is 15.0 Å². The minimum atomic E-state index is 0.201. The highest BCUT2D eigenvalue weighted by molar-refractivity contribution is 5.76. The molecule has 3 aromatic rings. The number of aryl methyl sites for hydroxylation is 1. The SMILES string of the molecule is O=C(CCc1ccncn1)N1CCN(Cc2nc3ccccc3[nH]2)CC1. The van der Waals surface area contributed by atoms with Crippen LogP contribution in [0, 0.1) is 0 Å². The number of piperazine rings is 1. The molecule has 0 unspecified atom stereocenters. The third-order valence-electron chi connectivity index (χ3n) is 4.78. The number of rotatable bonds is 5. The Labute approximate surface area is 152 Å². The summed E-state index contributed by atoms with van der Waals surface area (Å²) in [6.07, 6.45) is 4.40. The molecule has 134 valence electrons. The largest absolute Gasteiger partial charge is 0.341 e. The highest BCUT2D eigenvalue weighted by atomic mass is 16.2.